The van der Waals surface area contributed by atoms with Crippen LogP contribution in [0.3, 0.4) is 0 Å². The minimum Gasteiger partial charge on any atom is -0.388 e. The molecule has 1 unspecified atom stereocenters. The van der Waals surface area contributed by atoms with Crippen molar-refractivity contribution < 1.29 is 5.11 Å². The Morgan fingerprint density at radius 1 is 1.33 bits per heavy atom. The molecular formula is C18H22ClNO. The van der Waals surface area contributed by atoms with E-state index in [-0.39, 0.29) is 11.5 Å². The minimum atomic E-state index is -0.344. The summed E-state index contributed by atoms with van der Waals surface area (Å²) in [5.41, 5.74) is 4.92. The minimum absolute atomic E-state index is 0.142. The Bertz CT molecular complexity index is 672. The molecule has 0 saturated heterocycles. The van der Waals surface area contributed by atoms with E-state index in [1.807, 2.05) is 18.2 Å². The maximum atomic E-state index is 10.4. The quantitative estimate of drug-likeness (QED) is 0.868. The van der Waals surface area contributed by atoms with Gasteiger partial charge in [-0.15, -0.1) is 0 Å². The second-order valence-corrected chi connectivity index (χ2v) is 7.40. The van der Waals surface area contributed by atoms with Gasteiger partial charge in [0.2, 0.25) is 0 Å². The fourth-order valence-corrected chi connectivity index (χ4v) is 3.65. The molecule has 0 radical (unpaired) electrons. The van der Waals surface area contributed by atoms with E-state index in [1.165, 1.54) is 17.0 Å². The van der Waals surface area contributed by atoms with Gasteiger partial charge >= 0.3 is 0 Å². The van der Waals surface area contributed by atoms with Gasteiger partial charge in [-0.05, 0) is 48.9 Å². The molecule has 1 aromatic carbocycles. The van der Waals surface area contributed by atoms with Crippen molar-refractivity contribution in [1.29, 1.82) is 0 Å². The van der Waals surface area contributed by atoms with Crippen molar-refractivity contribution in [2.45, 2.75) is 46.3 Å². The van der Waals surface area contributed by atoms with Crippen molar-refractivity contribution in [3.63, 3.8) is 0 Å². The molecule has 1 N–H and O–H groups in total. The van der Waals surface area contributed by atoms with Gasteiger partial charge in [-0.25, -0.2) is 0 Å². The van der Waals surface area contributed by atoms with Crippen molar-refractivity contribution >= 4 is 11.6 Å². The molecule has 1 aromatic heterocycles. The Hall–Kier alpha value is -1.25. The molecule has 3 heteroatoms. The van der Waals surface area contributed by atoms with E-state index in [0.717, 1.165) is 30.0 Å². The number of aromatic nitrogens is 1. The molecule has 1 heterocycles. The molecule has 21 heavy (non-hydrogen) atoms. The van der Waals surface area contributed by atoms with Gasteiger partial charge in [0.25, 0.3) is 0 Å². The number of halogens is 1. The highest BCUT2D eigenvalue weighted by molar-refractivity contribution is 6.30. The average Bonchev–Trinajstić information content (AvgIpc) is 2.66. The van der Waals surface area contributed by atoms with Crippen molar-refractivity contribution in [2.24, 2.45) is 5.41 Å². The van der Waals surface area contributed by atoms with Crippen LogP contribution in [0.5, 0.6) is 0 Å². The molecule has 112 valence electrons. The van der Waals surface area contributed by atoms with Crippen LogP contribution < -0.4 is 0 Å². The normalized spacial score (nSPS) is 20.3. The van der Waals surface area contributed by atoms with E-state index >= 15 is 0 Å². The van der Waals surface area contributed by atoms with Crippen LogP contribution in [0.15, 0.2) is 30.3 Å². The topological polar surface area (TPSA) is 25.2 Å². The van der Waals surface area contributed by atoms with Crippen LogP contribution in [0.1, 0.15) is 48.9 Å². The molecule has 3 rings (SSSR count). The molecule has 0 saturated carbocycles. The van der Waals surface area contributed by atoms with Gasteiger partial charge in [-0.1, -0.05) is 37.6 Å². The van der Waals surface area contributed by atoms with Crippen molar-refractivity contribution in [3.8, 4) is 0 Å². The van der Waals surface area contributed by atoms with Crippen LogP contribution in [0.4, 0.5) is 0 Å². The number of benzene rings is 1. The third-order valence-electron chi connectivity index (χ3n) is 4.43. The summed E-state index contributed by atoms with van der Waals surface area (Å²) in [6.45, 7) is 7.38. The third-order valence-corrected chi connectivity index (χ3v) is 4.66. The first-order valence-electron chi connectivity index (χ1n) is 7.47. The maximum absolute atomic E-state index is 10.4. The van der Waals surface area contributed by atoms with Crippen LogP contribution in [-0.4, -0.2) is 9.67 Å². The molecule has 1 aliphatic rings. The van der Waals surface area contributed by atoms with Gasteiger partial charge in [-0.3, -0.25) is 0 Å². The summed E-state index contributed by atoms with van der Waals surface area (Å²) in [5, 5.41) is 11.2. The first-order valence-corrected chi connectivity index (χ1v) is 7.85. The van der Waals surface area contributed by atoms with Crippen LogP contribution in [-0.2, 0) is 13.0 Å². The Balaban J connectivity index is 2.00. The molecule has 0 fully saturated rings. The van der Waals surface area contributed by atoms with E-state index in [4.69, 9.17) is 11.6 Å². The molecule has 0 spiro atoms. The predicted octanol–water partition coefficient (Wildman–Crippen LogP) is 4.50. The zero-order chi connectivity index (χ0) is 15.2. The average molecular weight is 304 g/mol. The molecule has 2 nitrogen and oxygen atoms in total. The number of nitrogens with zero attached hydrogens (tertiary/aromatic N) is 1. The van der Waals surface area contributed by atoms with Gasteiger partial charge in [0.15, 0.2) is 0 Å². The summed E-state index contributed by atoms with van der Waals surface area (Å²) in [6, 6.07) is 10.1. The van der Waals surface area contributed by atoms with Gasteiger partial charge in [0, 0.05) is 28.5 Å². The Kier molecular flexibility index (Phi) is 3.62. The lowest BCUT2D eigenvalue weighted by Crippen LogP contribution is -2.27. The highest BCUT2D eigenvalue weighted by Crippen LogP contribution is 2.42. The zero-order valence-corrected chi connectivity index (χ0v) is 13.6. The van der Waals surface area contributed by atoms with E-state index < -0.39 is 0 Å². The number of fused-ring (bicyclic) bond motifs is 1. The third kappa shape index (κ3) is 2.88. The number of rotatable bonds is 2. The largest absolute Gasteiger partial charge is 0.388 e. The molecule has 1 atom stereocenters. The first-order chi connectivity index (χ1) is 9.85. The zero-order valence-electron chi connectivity index (χ0n) is 12.9. The predicted molar refractivity (Wildman–Crippen MR) is 86.8 cm³/mol. The van der Waals surface area contributed by atoms with Gasteiger partial charge < -0.3 is 9.67 Å². The van der Waals surface area contributed by atoms with Crippen LogP contribution in [0, 0.1) is 12.3 Å². The summed E-state index contributed by atoms with van der Waals surface area (Å²) in [4.78, 5) is 0. The molecule has 1 aliphatic carbocycles. The van der Waals surface area contributed by atoms with Crippen molar-refractivity contribution in [2.75, 3.05) is 0 Å². The van der Waals surface area contributed by atoms with Gasteiger partial charge in [-0.2, -0.15) is 0 Å². The summed E-state index contributed by atoms with van der Waals surface area (Å²) < 4.78 is 2.32. The summed E-state index contributed by atoms with van der Waals surface area (Å²) in [7, 11) is 0. The van der Waals surface area contributed by atoms with E-state index in [2.05, 4.69) is 37.5 Å². The lowest BCUT2D eigenvalue weighted by molar-refractivity contribution is 0.0981. The SMILES string of the molecule is Cc1cc2c(n1Cc1cccc(Cl)c1)CC(C)(C)CC2O. The van der Waals surface area contributed by atoms with Crippen LogP contribution in [0.25, 0.3) is 0 Å². The first kappa shape index (κ1) is 14.7. The molecule has 0 amide bonds. The molecule has 0 aliphatic heterocycles. The highest BCUT2D eigenvalue weighted by Gasteiger charge is 2.33. The summed E-state index contributed by atoms with van der Waals surface area (Å²) in [5.74, 6) is 0. The number of aliphatic hydroxyl groups excluding tert-OH is 1. The Morgan fingerprint density at radius 2 is 2.10 bits per heavy atom. The smallest absolute Gasteiger partial charge is 0.0812 e. The number of aliphatic hydroxyl groups is 1. The monoisotopic (exact) mass is 303 g/mol. The van der Waals surface area contributed by atoms with Crippen molar-refractivity contribution in [1.82, 2.24) is 4.57 Å². The maximum Gasteiger partial charge on any atom is 0.0812 e. The second-order valence-electron chi connectivity index (χ2n) is 6.96. The van der Waals surface area contributed by atoms with Crippen LogP contribution >= 0.6 is 11.6 Å². The van der Waals surface area contributed by atoms with E-state index in [0.29, 0.717) is 0 Å². The van der Waals surface area contributed by atoms with Crippen LogP contribution in [0.2, 0.25) is 5.02 Å². The van der Waals surface area contributed by atoms with Gasteiger partial charge in [0.05, 0.1) is 6.10 Å². The van der Waals surface area contributed by atoms with E-state index in [9.17, 15) is 5.11 Å². The standard InChI is InChI=1S/C18H22ClNO/c1-12-7-15-16(9-18(2,3)10-17(15)21)20(12)11-13-5-4-6-14(19)8-13/h4-8,17,21H,9-11H2,1-3H3. The Labute approximate surface area is 131 Å². The lowest BCUT2D eigenvalue weighted by atomic mass is 9.75. The number of hydrogen-bond donors (Lipinski definition) is 1. The fraction of sp³-hybridized carbons (Fsp3) is 0.444. The Morgan fingerprint density at radius 3 is 2.81 bits per heavy atom. The summed E-state index contributed by atoms with van der Waals surface area (Å²) in [6.07, 6.45) is 1.50. The second kappa shape index (κ2) is 5.19. The highest BCUT2D eigenvalue weighted by atomic mass is 35.5. The number of hydrogen-bond acceptors (Lipinski definition) is 1. The van der Waals surface area contributed by atoms with Crippen molar-refractivity contribution in [3.05, 3.63) is 57.9 Å². The lowest BCUT2D eigenvalue weighted by Gasteiger charge is -2.34. The number of aryl methyl sites for hydroxylation is 1. The fourth-order valence-electron chi connectivity index (χ4n) is 3.44. The molecule has 2 aromatic rings. The summed E-state index contributed by atoms with van der Waals surface area (Å²) >= 11 is 6.09. The van der Waals surface area contributed by atoms with Gasteiger partial charge in [0.1, 0.15) is 0 Å². The molecular weight excluding hydrogens is 282 g/mol. The van der Waals surface area contributed by atoms with E-state index in [1.54, 1.807) is 0 Å². The molecule has 0 bridgehead atoms.